The quantitative estimate of drug-likeness (QED) is 0.584. The first-order chi connectivity index (χ1) is 15.3. The molecule has 1 atom stereocenters. The number of benzene rings is 2. The second-order valence-electron chi connectivity index (χ2n) is 8.37. The first kappa shape index (κ1) is 22.9. The fourth-order valence-corrected chi connectivity index (χ4v) is 4.46. The van der Waals surface area contributed by atoms with E-state index >= 15 is 0 Å². The molecule has 0 N–H and O–H groups in total. The van der Waals surface area contributed by atoms with E-state index in [2.05, 4.69) is 0 Å². The highest BCUT2D eigenvalue weighted by Crippen LogP contribution is 2.45. The van der Waals surface area contributed by atoms with Gasteiger partial charge < -0.3 is 14.4 Å². The molecule has 2 aromatic carbocycles. The number of carbonyl (C=O) groups is 1. The highest BCUT2D eigenvalue weighted by molar-refractivity contribution is 6.30. The van der Waals surface area contributed by atoms with Crippen molar-refractivity contribution in [2.45, 2.75) is 43.4 Å². The summed E-state index contributed by atoms with van der Waals surface area (Å²) in [5, 5.41) is 0.638. The molecule has 4 nitrogen and oxygen atoms in total. The van der Waals surface area contributed by atoms with Gasteiger partial charge in [0.1, 0.15) is 18.5 Å². The highest BCUT2D eigenvalue weighted by Gasteiger charge is 2.48. The predicted molar refractivity (Wildman–Crippen MR) is 115 cm³/mol. The fourth-order valence-electron chi connectivity index (χ4n) is 4.34. The van der Waals surface area contributed by atoms with E-state index in [4.69, 9.17) is 21.1 Å². The van der Waals surface area contributed by atoms with Crippen molar-refractivity contribution >= 4 is 17.5 Å². The van der Waals surface area contributed by atoms with E-state index in [9.17, 15) is 18.0 Å². The Labute approximate surface area is 190 Å². The largest absolute Gasteiger partial charge is 0.491 e. The molecule has 0 radical (unpaired) electrons. The van der Waals surface area contributed by atoms with Crippen LogP contribution in [0.2, 0.25) is 5.02 Å². The summed E-state index contributed by atoms with van der Waals surface area (Å²) in [4.78, 5) is 15.4. The predicted octanol–water partition coefficient (Wildman–Crippen LogP) is 5.48. The van der Waals surface area contributed by atoms with Gasteiger partial charge in [0.2, 0.25) is 5.91 Å². The summed E-state index contributed by atoms with van der Waals surface area (Å²) < 4.78 is 49.7. The van der Waals surface area contributed by atoms with Gasteiger partial charge in [-0.05, 0) is 61.2 Å². The molecule has 0 aromatic heterocycles. The molecule has 1 unspecified atom stereocenters. The van der Waals surface area contributed by atoms with E-state index < -0.39 is 17.2 Å². The Hall–Kier alpha value is -2.25. The lowest BCUT2D eigenvalue weighted by Gasteiger charge is -2.44. The molecular weight excluding hydrogens is 443 g/mol. The van der Waals surface area contributed by atoms with Gasteiger partial charge in [-0.15, -0.1) is 0 Å². The average Bonchev–Trinajstić information content (AvgIpc) is 2.98. The third-order valence-electron chi connectivity index (χ3n) is 6.27. The molecule has 2 aromatic rings. The van der Waals surface area contributed by atoms with Gasteiger partial charge in [-0.3, -0.25) is 4.79 Å². The van der Waals surface area contributed by atoms with Crippen molar-refractivity contribution in [3.8, 4) is 5.75 Å². The van der Waals surface area contributed by atoms with Gasteiger partial charge in [0.05, 0.1) is 17.5 Å². The van der Waals surface area contributed by atoms with E-state index in [1.807, 2.05) is 29.2 Å². The molecule has 1 aliphatic heterocycles. The molecule has 8 heteroatoms. The minimum absolute atomic E-state index is 0.0936. The Balaban J connectivity index is 1.41. The normalized spacial score (nSPS) is 20.9. The Morgan fingerprint density at radius 3 is 2.38 bits per heavy atom. The minimum Gasteiger partial charge on any atom is -0.491 e. The van der Waals surface area contributed by atoms with E-state index in [-0.39, 0.29) is 18.6 Å². The van der Waals surface area contributed by atoms with Crippen molar-refractivity contribution in [2.75, 3.05) is 26.3 Å². The SMILES string of the molecule is O=C(N1CCCOC(COc2ccc(C(F)(F)F)cc2)C1)C1(c2ccc(Cl)cc2)CCC1. The summed E-state index contributed by atoms with van der Waals surface area (Å²) in [7, 11) is 0. The Kier molecular flexibility index (Phi) is 6.67. The third kappa shape index (κ3) is 4.89. The number of ether oxygens (including phenoxy) is 2. The van der Waals surface area contributed by atoms with Gasteiger partial charge in [0.25, 0.3) is 0 Å². The topological polar surface area (TPSA) is 38.8 Å². The van der Waals surface area contributed by atoms with Crippen molar-refractivity contribution in [3.63, 3.8) is 0 Å². The second kappa shape index (κ2) is 9.32. The van der Waals surface area contributed by atoms with Crippen LogP contribution in [0.3, 0.4) is 0 Å². The van der Waals surface area contributed by atoms with Crippen LogP contribution in [-0.4, -0.2) is 43.2 Å². The van der Waals surface area contributed by atoms with Gasteiger partial charge in [-0.1, -0.05) is 30.2 Å². The molecule has 2 aliphatic rings. The number of amides is 1. The molecule has 1 saturated carbocycles. The molecular formula is C24H25ClF3NO3. The number of rotatable bonds is 5. The lowest BCUT2D eigenvalue weighted by atomic mass is 9.63. The molecule has 4 rings (SSSR count). The van der Waals surface area contributed by atoms with Crippen LogP contribution in [0.15, 0.2) is 48.5 Å². The van der Waals surface area contributed by atoms with Crippen molar-refractivity contribution < 1.29 is 27.4 Å². The van der Waals surface area contributed by atoms with E-state index in [0.29, 0.717) is 30.5 Å². The molecule has 0 spiro atoms. The van der Waals surface area contributed by atoms with Crippen LogP contribution in [0, 0.1) is 0 Å². The van der Waals surface area contributed by atoms with Crippen LogP contribution in [-0.2, 0) is 21.1 Å². The molecule has 1 aliphatic carbocycles. The van der Waals surface area contributed by atoms with Gasteiger partial charge >= 0.3 is 6.18 Å². The smallest absolute Gasteiger partial charge is 0.416 e. The summed E-state index contributed by atoms with van der Waals surface area (Å²) in [5.41, 5.74) is -0.255. The lowest BCUT2D eigenvalue weighted by Crippen LogP contribution is -2.53. The van der Waals surface area contributed by atoms with E-state index in [0.717, 1.165) is 43.4 Å². The lowest BCUT2D eigenvalue weighted by molar-refractivity contribution is -0.142. The summed E-state index contributed by atoms with van der Waals surface area (Å²) in [5.74, 6) is 0.427. The summed E-state index contributed by atoms with van der Waals surface area (Å²) in [6.07, 6.45) is -1.41. The summed E-state index contributed by atoms with van der Waals surface area (Å²) in [6, 6.07) is 12.1. The van der Waals surface area contributed by atoms with Crippen LogP contribution in [0.25, 0.3) is 0 Å². The minimum atomic E-state index is -4.38. The number of hydrogen-bond acceptors (Lipinski definition) is 3. The highest BCUT2D eigenvalue weighted by atomic mass is 35.5. The maximum absolute atomic E-state index is 13.6. The van der Waals surface area contributed by atoms with Crippen molar-refractivity contribution in [1.82, 2.24) is 4.90 Å². The maximum Gasteiger partial charge on any atom is 0.416 e. The zero-order chi connectivity index (χ0) is 22.8. The van der Waals surface area contributed by atoms with Crippen LogP contribution in [0.4, 0.5) is 13.2 Å². The van der Waals surface area contributed by atoms with Gasteiger partial charge in [-0.2, -0.15) is 13.2 Å². The second-order valence-corrected chi connectivity index (χ2v) is 8.81. The Morgan fingerprint density at radius 1 is 1.09 bits per heavy atom. The third-order valence-corrected chi connectivity index (χ3v) is 6.52. The summed E-state index contributed by atoms with van der Waals surface area (Å²) in [6.45, 7) is 1.64. The number of carbonyl (C=O) groups excluding carboxylic acids is 1. The Morgan fingerprint density at radius 2 is 1.78 bits per heavy atom. The van der Waals surface area contributed by atoms with Crippen molar-refractivity contribution in [3.05, 3.63) is 64.7 Å². The van der Waals surface area contributed by atoms with Crippen molar-refractivity contribution in [2.24, 2.45) is 0 Å². The van der Waals surface area contributed by atoms with Crippen LogP contribution in [0.1, 0.15) is 36.8 Å². The molecule has 172 valence electrons. The molecule has 1 amide bonds. The average molecular weight is 468 g/mol. The zero-order valence-corrected chi connectivity index (χ0v) is 18.3. The fraction of sp³-hybridized carbons (Fsp3) is 0.458. The molecule has 1 saturated heterocycles. The maximum atomic E-state index is 13.6. The van der Waals surface area contributed by atoms with Gasteiger partial charge in [0.15, 0.2) is 0 Å². The van der Waals surface area contributed by atoms with E-state index in [1.165, 1.54) is 12.1 Å². The van der Waals surface area contributed by atoms with Gasteiger partial charge in [0, 0.05) is 18.2 Å². The number of hydrogen-bond donors (Lipinski definition) is 0. The van der Waals surface area contributed by atoms with Gasteiger partial charge in [-0.25, -0.2) is 0 Å². The monoisotopic (exact) mass is 467 g/mol. The van der Waals surface area contributed by atoms with E-state index in [1.54, 1.807) is 0 Å². The summed E-state index contributed by atoms with van der Waals surface area (Å²) >= 11 is 6.03. The first-order valence-electron chi connectivity index (χ1n) is 10.7. The van der Waals surface area contributed by atoms with Crippen molar-refractivity contribution in [1.29, 1.82) is 0 Å². The first-order valence-corrected chi connectivity index (χ1v) is 11.1. The number of halogens is 4. The standard InChI is InChI=1S/C24H25ClF3NO3/c25-19-7-3-17(4-8-19)23(11-1-12-23)22(30)29-13-2-14-31-21(15-29)16-32-20-9-5-18(6-10-20)24(26,27)28/h3-10,21H,1-2,11-16H2. The van der Waals surface area contributed by atoms with Crippen LogP contribution >= 0.6 is 11.6 Å². The number of nitrogens with zero attached hydrogens (tertiary/aromatic N) is 1. The number of alkyl halides is 3. The molecule has 1 heterocycles. The Bertz CT molecular complexity index is 927. The van der Waals surface area contributed by atoms with Crippen LogP contribution in [0.5, 0.6) is 5.75 Å². The molecule has 0 bridgehead atoms. The molecule has 2 fully saturated rings. The van der Waals surface area contributed by atoms with Crippen LogP contribution < -0.4 is 4.74 Å². The molecule has 32 heavy (non-hydrogen) atoms. The zero-order valence-electron chi connectivity index (χ0n) is 17.5.